The number of hydrogen-bond acceptors (Lipinski definition) is 5. The summed E-state index contributed by atoms with van der Waals surface area (Å²) >= 11 is 6.25. The fourth-order valence-electron chi connectivity index (χ4n) is 0.855. The molecule has 2 heterocycles. The van der Waals surface area contributed by atoms with Crippen LogP contribution in [0.3, 0.4) is 0 Å². The van der Waals surface area contributed by atoms with Gasteiger partial charge in [0.2, 0.25) is 0 Å². The number of aromatic nitrogens is 3. The maximum atomic E-state index is 4.30. The van der Waals surface area contributed by atoms with Crippen molar-refractivity contribution in [2.75, 3.05) is 0 Å². The molecule has 0 fully saturated rings. The normalized spacial score (nSPS) is 10.4. The fraction of sp³-hybridized carbons (Fsp3) is 0.125. The molecule has 0 N–H and O–H groups in total. The summed E-state index contributed by atoms with van der Waals surface area (Å²) in [6.45, 7) is 1.88. The van der Waals surface area contributed by atoms with E-state index in [9.17, 15) is 0 Å². The number of aryl methyl sites for hydroxylation is 1. The smallest absolute Gasteiger partial charge is 0.176 e. The summed E-state index contributed by atoms with van der Waals surface area (Å²) in [5, 5.41) is 0.926. The van der Waals surface area contributed by atoms with Gasteiger partial charge in [0.25, 0.3) is 0 Å². The Labute approximate surface area is 98.3 Å². The molecule has 0 saturated heterocycles. The van der Waals surface area contributed by atoms with Crippen LogP contribution in [0.1, 0.15) is 5.82 Å². The van der Waals surface area contributed by atoms with Crippen LogP contribution in [0.15, 0.2) is 32.2 Å². The Morgan fingerprint density at radius 3 is 2.86 bits per heavy atom. The third-order valence-electron chi connectivity index (χ3n) is 1.39. The van der Waals surface area contributed by atoms with Crippen molar-refractivity contribution in [3.05, 3.63) is 28.6 Å². The maximum Gasteiger partial charge on any atom is 0.176 e. The Morgan fingerprint density at radius 2 is 2.21 bits per heavy atom. The zero-order valence-electron chi connectivity index (χ0n) is 7.27. The number of nitrogens with zero attached hydrogens (tertiary/aromatic N) is 3. The first kappa shape index (κ1) is 10.1. The first-order valence-corrected chi connectivity index (χ1v) is 6.23. The molecule has 0 aliphatic carbocycles. The second-order valence-corrected chi connectivity index (χ2v) is 5.34. The van der Waals surface area contributed by atoms with Crippen LogP contribution in [0.4, 0.5) is 0 Å². The molecular weight excluding hydrogens is 282 g/mol. The molecule has 2 aromatic rings. The maximum absolute atomic E-state index is 4.30. The van der Waals surface area contributed by atoms with Crippen molar-refractivity contribution >= 4 is 39.2 Å². The van der Waals surface area contributed by atoms with Gasteiger partial charge in [0.05, 0.1) is 0 Å². The molecule has 14 heavy (non-hydrogen) atoms. The summed E-state index contributed by atoms with van der Waals surface area (Å²) in [5.74, 6) is 0.812. The van der Waals surface area contributed by atoms with Gasteiger partial charge in [0, 0.05) is 0 Å². The Balaban J connectivity index is 2.18. The van der Waals surface area contributed by atoms with Crippen LogP contribution >= 0.6 is 39.2 Å². The van der Waals surface area contributed by atoms with Crippen molar-refractivity contribution in [1.29, 1.82) is 0 Å². The summed E-state index contributed by atoms with van der Waals surface area (Å²) in [5.41, 5.74) is 0. The third kappa shape index (κ3) is 2.52. The van der Waals surface area contributed by atoms with Gasteiger partial charge in [0.1, 0.15) is 15.5 Å². The van der Waals surface area contributed by atoms with Crippen LogP contribution in [0.2, 0.25) is 0 Å². The van der Waals surface area contributed by atoms with E-state index in [1.54, 1.807) is 0 Å². The molecule has 0 aromatic carbocycles. The van der Waals surface area contributed by atoms with Crippen molar-refractivity contribution in [2.24, 2.45) is 0 Å². The van der Waals surface area contributed by atoms with Gasteiger partial charge in [-0.3, -0.25) is 0 Å². The Hall–Kier alpha value is -0.460. The van der Waals surface area contributed by atoms with Gasteiger partial charge in [-0.15, -0.1) is 0 Å². The van der Waals surface area contributed by atoms with Gasteiger partial charge in [-0.25, -0.2) is 9.97 Å². The lowest BCUT2D eigenvalue weighted by molar-refractivity contribution is 1.07. The average molecular weight is 288 g/mol. The SMILES string of the molecule is Cc1nsc(Sc2cccc(Br)n2)n1. The molecule has 0 aliphatic heterocycles. The van der Waals surface area contributed by atoms with Crippen LogP contribution in [-0.4, -0.2) is 14.3 Å². The first-order chi connectivity index (χ1) is 6.74. The van der Waals surface area contributed by atoms with E-state index in [0.29, 0.717) is 0 Å². The highest BCUT2D eigenvalue weighted by atomic mass is 79.9. The van der Waals surface area contributed by atoms with Crippen molar-refractivity contribution < 1.29 is 0 Å². The highest BCUT2D eigenvalue weighted by Crippen LogP contribution is 2.27. The van der Waals surface area contributed by atoms with Crippen molar-refractivity contribution in [3.63, 3.8) is 0 Å². The van der Waals surface area contributed by atoms with Crippen molar-refractivity contribution in [1.82, 2.24) is 14.3 Å². The second kappa shape index (κ2) is 4.37. The summed E-state index contributed by atoms with van der Waals surface area (Å²) in [4.78, 5) is 8.55. The predicted octanol–water partition coefficient (Wildman–Crippen LogP) is 3.16. The van der Waals surface area contributed by atoms with E-state index in [2.05, 4.69) is 30.3 Å². The quantitative estimate of drug-likeness (QED) is 0.796. The minimum atomic E-state index is 0.812. The predicted molar refractivity (Wildman–Crippen MR) is 60.7 cm³/mol. The molecule has 6 heteroatoms. The van der Waals surface area contributed by atoms with Gasteiger partial charge < -0.3 is 0 Å². The van der Waals surface area contributed by atoms with E-state index in [-0.39, 0.29) is 0 Å². The van der Waals surface area contributed by atoms with Crippen molar-refractivity contribution in [3.8, 4) is 0 Å². The lowest BCUT2D eigenvalue weighted by Crippen LogP contribution is -1.79. The number of rotatable bonds is 2. The topological polar surface area (TPSA) is 38.7 Å². The van der Waals surface area contributed by atoms with Crippen LogP contribution in [0, 0.1) is 6.92 Å². The highest BCUT2D eigenvalue weighted by molar-refractivity contribution is 9.10. The Bertz CT molecular complexity index is 444. The summed E-state index contributed by atoms with van der Waals surface area (Å²) in [6.07, 6.45) is 0. The molecular formula is C8H6BrN3S2. The summed E-state index contributed by atoms with van der Waals surface area (Å²) < 4.78 is 5.87. The van der Waals surface area contributed by atoms with E-state index < -0.39 is 0 Å². The zero-order chi connectivity index (χ0) is 9.97. The molecule has 2 rings (SSSR count). The standard InChI is InChI=1S/C8H6BrN3S2/c1-5-10-8(14-12-5)13-7-4-2-3-6(9)11-7/h2-4H,1H3. The molecule has 0 amide bonds. The van der Waals surface area contributed by atoms with E-state index in [1.165, 1.54) is 23.3 Å². The van der Waals surface area contributed by atoms with E-state index in [4.69, 9.17) is 0 Å². The minimum Gasteiger partial charge on any atom is -0.234 e. The molecule has 3 nitrogen and oxygen atoms in total. The molecule has 0 aliphatic rings. The lowest BCUT2D eigenvalue weighted by atomic mass is 10.5. The fourth-order valence-corrected chi connectivity index (χ4v) is 2.90. The third-order valence-corrected chi connectivity index (χ3v) is 3.61. The molecule has 0 atom stereocenters. The molecule has 0 radical (unpaired) electrons. The van der Waals surface area contributed by atoms with E-state index in [0.717, 1.165) is 19.8 Å². The number of halogens is 1. The average Bonchev–Trinajstić information content (AvgIpc) is 2.51. The lowest BCUT2D eigenvalue weighted by Gasteiger charge is -1.95. The molecule has 0 spiro atoms. The monoisotopic (exact) mass is 287 g/mol. The van der Waals surface area contributed by atoms with Gasteiger partial charge >= 0.3 is 0 Å². The van der Waals surface area contributed by atoms with Crippen molar-refractivity contribution in [2.45, 2.75) is 16.3 Å². The van der Waals surface area contributed by atoms with Gasteiger partial charge in [-0.1, -0.05) is 6.07 Å². The molecule has 2 aromatic heterocycles. The highest BCUT2D eigenvalue weighted by Gasteiger charge is 2.03. The zero-order valence-corrected chi connectivity index (χ0v) is 10.5. The molecule has 0 unspecified atom stereocenters. The van der Waals surface area contributed by atoms with Crippen LogP contribution < -0.4 is 0 Å². The molecule has 0 saturated carbocycles. The van der Waals surface area contributed by atoms with Crippen LogP contribution in [0.25, 0.3) is 0 Å². The minimum absolute atomic E-state index is 0.812. The molecule has 72 valence electrons. The molecule has 0 bridgehead atoms. The van der Waals surface area contributed by atoms with E-state index in [1.807, 2.05) is 25.1 Å². The largest absolute Gasteiger partial charge is 0.234 e. The Kier molecular flexibility index (Phi) is 3.15. The second-order valence-electron chi connectivity index (χ2n) is 2.51. The summed E-state index contributed by atoms with van der Waals surface area (Å²) in [6, 6.07) is 5.80. The van der Waals surface area contributed by atoms with Gasteiger partial charge in [-0.05, 0) is 58.3 Å². The Morgan fingerprint density at radius 1 is 1.36 bits per heavy atom. The van der Waals surface area contributed by atoms with E-state index >= 15 is 0 Å². The first-order valence-electron chi connectivity index (χ1n) is 3.85. The number of hydrogen-bond donors (Lipinski definition) is 0. The van der Waals surface area contributed by atoms with Crippen LogP contribution in [-0.2, 0) is 0 Å². The van der Waals surface area contributed by atoms with Gasteiger partial charge in [0.15, 0.2) is 4.34 Å². The van der Waals surface area contributed by atoms with Gasteiger partial charge in [-0.2, -0.15) is 4.37 Å². The number of pyridine rings is 1. The van der Waals surface area contributed by atoms with Crippen LogP contribution in [0.5, 0.6) is 0 Å². The summed E-state index contributed by atoms with van der Waals surface area (Å²) in [7, 11) is 0.